The third-order valence-electron chi connectivity index (χ3n) is 4.59. The van der Waals surface area contributed by atoms with Crippen LogP contribution in [0.2, 0.25) is 0 Å². The molecule has 2 aliphatic carbocycles. The molecule has 1 aromatic heterocycles. The van der Waals surface area contributed by atoms with Crippen LogP contribution in [-0.2, 0) is 12.0 Å². The first-order chi connectivity index (χ1) is 7.91. The molecule has 1 fully saturated rings. The van der Waals surface area contributed by atoms with E-state index >= 15 is 0 Å². The van der Waals surface area contributed by atoms with Crippen molar-refractivity contribution in [1.82, 2.24) is 4.57 Å². The van der Waals surface area contributed by atoms with E-state index in [1.165, 1.54) is 25.0 Å². The van der Waals surface area contributed by atoms with Crippen LogP contribution in [-0.4, -0.2) is 10.4 Å². The lowest BCUT2D eigenvalue weighted by Gasteiger charge is -2.43. The van der Waals surface area contributed by atoms with Crippen molar-refractivity contribution < 1.29 is 4.79 Å². The van der Waals surface area contributed by atoms with Gasteiger partial charge in [-0.1, -0.05) is 13.8 Å². The van der Waals surface area contributed by atoms with Crippen LogP contribution in [0.1, 0.15) is 62.5 Å². The van der Waals surface area contributed by atoms with E-state index in [0.29, 0.717) is 12.2 Å². The fourth-order valence-electron chi connectivity index (χ4n) is 3.38. The molecular weight excluding hydrogens is 210 g/mol. The second-order valence-electron chi connectivity index (χ2n) is 6.84. The molecule has 0 spiro atoms. The molecule has 0 aromatic carbocycles. The topological polar surface area (TPSA) is 22.0 Å². The van der Waals surface area contributed by atoms with E-state index < -0.39 is 0 Å². The summed E-state index contributed by atoms with van der Waals surface area (Å²) in [6.07, 6.45) is 7.70. The summed E-state index contributed by atoms with van der Waals surface area (Å²) in [5, 5.41) is 0. The Hall–Kier alpha value is -1.05. The summed E-state index contributed by atoms with van der Waals surface area (Å²) in [4.78, 5) is 12.1. The van der Waals surface area contributed by atoms with Gasteiger partial charge >= 0.3 is 0 Å². The van der Waals surface area contributed by atoms with Gasteiger partial charge in [0, 0.05) is 29.4 Å². The summed E-state index contributed by atoms with van der Waals surface area (Å²) in [6, 6.07) is 2.04. The zero-order valence-corrected chi connectivity index (χ0v) is 11.0. The second-order valence-corrected chi connectivity index (χ2v) is 6.84. The predicted octanol–water partition coefficient (Wildman–Crippen LogP) is 3.54. The SMILES string of the molecule is CC1(C)CC(=O)c2ccn(C3(C)CCC3)c2C1. The molecule has 17 heavy (non-hydrogen) atoms. The molecule has 1 heterocycles. The van der Waals surface area contributed by atoms with Crippen LogP contribution >= 0.6 is 0 Å². The molecule has 0 bridgehead atoms. The van der Waals surface area contributed by atoms with Gasteiger partial charge in [0.1, 0.15) is 0 Å². The lowest BCUT2D eigenvalue weighted by atomic mass is 9.74. The van der Waals surface area contributed by atoms with Crippen molar-refractivity contribution in [2.24, 2.45) is 5.41 Å². The van der Waals surface area contributed by atoms with E-state index in [1.54, 1.807) is 0 Å². The van der Waals surface area contributed by atoms with E-state index in [4.69, 9.17) is 0 Å². The Labute approximate surface area is 103 Å². The van der Waals surface area contributed by atoms with Gasteiger partial charge in [0.25, 0.3) is 0 Å². The molecule has 0 radical (unpaired) electrons. The molecule has 3 rings (SSSR count). The van der Waals surface area contributed by atoms with Crippen LogP contribution in [0.5, 0.6) is 0 Å². The Morgan fingerprint density at radius 3 is 2.47 bits per heavy atom. The van der Waals surface area contributed by atoms with Crippen molar-refractivity contribution in [3.05, 3.63) is 23.5 Å². The molecule has 2 nitrogen and oxygen atoms in total. The third-order valence-corrected chi connectivity index (χ3v) is 4.59. The molecule has 1 aromatic rings. The Kier molecular flexibility index (Phi) is 2.11. The highest BCUT2D eigenvalue weighted by molar-refractivity contribution is 5.98. The van der Waals surface area contributed by atoms with Crippen LogP contribution in [0.25, 0.3) is 0 Å². The highest BCUT2D eigenvalue weighted by Gasteiger charge is 2.39. The first-order valence-electron chi connectivity index (χ1n) is 6.65. The van der Waals surface area contributed by atoms with Crippen molar-refractivity contribution in [3.8, 4) is 0 Å². The van der Waals surface area contributed by atoms with Crippen LogP contribution in [0.4, 0.5) is 0 Å². The summed E-state index contributed by atoms with van der Waals surface area (Å²) in [6.45, 7) is 6.73. The van der Waals surface area contributed by atoms with Gasteiger partial charge in [-0.2, -0.15) is 0 Å². The summed E-state index contributed by atoms with van der Waals surface area (Å²) < 4.78 is 2.39. The standard InChI is InChI=1S/C15H21NO/c1-14(2)9-12-11(13(17)10-14)5-8-16(12)15(3)6-4-7-15/h5,8H,4,6-7,9-10H2,1-3H3. The van der Waals surface area contributed by atoms with Crippen LogP contribution in [0.3, 0.4) is 0 Å². The molecule has 0 N–H and O–H groups in total. The minimum absolute atomic E-state index is 0.125. The van der Waals surface area contributed by atoms with Gasteiger partial charge in [0.2, 0.25) is 0 Å². The molecule has 2 heteroatoms. The first-order valence-corrected chi connectivity index (χ1v) is 6.65. The number of rotatable bonds is 1. The third kappa shape index (κ3) is 1.57. The summed E-state index contributed by atoms with van der Waals surface area (Å²) in [7, 11) is 0. The van der Waals surface area contributed by atoms with Crippen LogP contribution in [0.15, 0.2) is 12.3 Å². The van der Waals surface area contributed by atoms with E-state index in [2.05, 4.69) is 31.5 Å². The quantitative estimate of drug-likeness (QED) is 0.724. The van der Waals surface area contributed by atoms with Gasteiger partial charge < -0.3 is 4.57 Å². The number of Topliss-reactive ketones (excluding diaryl/α,β-unsaturated/α-hetero) is 1. The highest BCUT2D eigenvalue weighted by atomic mass is 16.1. The molecule has 92 valence electrons. The lowest BCUT2D eigenvalue weighted by Crippen LogP contribution is -2.40. The fraction of sp³-hybridized carbons (Fsp3) is 0.667. The summed E-state index contributed by atoms with van der Waals surface area (Å²) in [5.74, 6) is 0.331. The average Bonchev–Trinajstić information content (AvgIpc) is 2.56. The van der Waals surface area contributed by atoms with Gasteiger partial charge in [0.15, 0.2) is 5.78 Å². The highest BCUT2D eigenvalue weighted by Crippen LogP contribution is 2.43. The van der Waals surface area contributed by atoms with E-state index in [9.17, 15) is 4.79 Å². The predicted molar refractivity (Wildman–Crippen MR) is 68.4 cm³/mol. The molecular formula is C15H21NO. The van der Waals surface area contributed by atoms with Gasteiger partial charge in [-0.05, 0) is 44.1 Å². The molecule has 2 aliphatic rings. The number of carbonyl (C=O) groups is 1. The van der Waals surface area contributed by atoms with Crippen molar-refractivity contribution in [1.29, 1.82) is 0 Å². The van der Waals surface area contributed by atoms with Gasteiger partial charge in [-0.3, -0.25) is 4.79 Å². The van der Waals surface area contributed by atoms with E-state index in [-0.39, 0.29) is 11.0 Å². The van der Waals surface area contributed by atoms with E-state index in [0.717, 1.165) is 12.0 Å². The summed E-state index contributed by atoms with van der Waals surface area (Å²) >= 11 is 0. The van der Waals surface area contributed by atoms with Crippen LogP contribution < -0.4 is 0 Å². The molecule has 0 saturated heterocycles. The Bertz CT molecular complexity index is 477. The zero-order chi connectivity index (χ0) is 12.3. The Balaban J connectivity index is 2.07. The molecule has 0 atom stereocenters. The van der Waals surface area contributed by atoms with Gasteiger partial charge in [0.05, 0.1) is 0 Å². The largest absolute Gasteiger partial charge is 0.345 e. The van der Waals surface area contributed by atoms with E-state index in [1.807, 2.05) is 6.07 Å². The van der Waals surface area contributed by atoms with Crippen molar-refractivity contribution >= 4 is 5.78 Å². The second kappa shape index (κ2) is 3.24. The maximum atomic E-state index is 12.1. The normalized spacial score (nSPS) is 25.2. The van der Waals surface area contributed by atoms with Gasteiger partial charge in [-0.25, -0.2) is 0 Å². The average molecular weight is 231 g/mol. The number of hydrogen-bond donors (Lipinski definition) is 0. The molecule has 1 saturated carbocycles. The Morgan fingerprint density at radius 2 is 1.88 bits per heavy atom. The number of fused-ring (bicyclic) bond motifs is 1. The number of carbonyl (C=O) groups excluding carboxylic acids is 1. The smallest absolute Gasteiger partial charge is 0.165 e. The maximum Gasteiger partial charge on any atom is 0.165 e. The first kappa shape index (κ1) is 11.1. The summed E-state index contributed by atoms with van der Waals surface area (Å²) in [5.41, 5.74) is 2.67. The maximum absolute atomic E-state index is 12.1. The molecule has 0 unspecified atom stereocenters. The lowest BCUT2D eigenvalue weighted by molar-refractivity contribution is 0.0901. The number of ketones is 1. The minimum atomic E-state index is 0.125. The monoisotopic (exact) mass is 231 g/mol. The zero-order valence-electron chi connectivity index (χ0n) is 11.0. The van der Waals surface area contributed by atoms with Crippen molar-refractivity contribution in [2.75, 3.05) is 0 Å². The molecule has 0 amide bonds. The minimum Gasteiger partial charge on any atom is -0.345 e. The molecule has 0 aliphatic heterocycles. The Morgan fingerprint density at radius 1 is 1.18 bits per heavy atom. The van der Waals surface area contributed by atoms with Gasteiger partial charge in [-0.15, -0.1) is 0 Å². The number of nitrogens with zero attached hydrogens (tertiary/aromatic N) is 1. The van der Waals surface area contributed by atoms with Crippen molar-refractivity contribution in [2.45, 2.75) is 58.4 Å². The van der Waals surface area contributed by atoms with Crippen molar-refractivity contribution in [3.63, 3.8) is 0 Å². The van der Waals surface area contributed by atoms with Crippen LogP contribution in [0, 0.1) is 5.41 Å². The number of hydrogen-bond acceptors (Lipinski definition) is 1. The number of aromatic nitrogens is 1. The fourth-order valence-corrected chi connectivity index (χ4v) is 3.38.